The van der Waals surface area contributed by atoms with Crippen LogP contribution >= 0.6 is 23.2 Å². The third-order valence-electron chi connectivity index (χ3n) is 1.43. The molecule has 1 aromatic carbocycles. The van der Waals surface area contributed by atoms with Crippen LogP contribution in [0.15, 0.2) is 12.1 Å². The molecule has 0 heterocycles. The summed E-state index contributed by atoms with van der Waals surface area (Å²) in [5, 5.41) is 8.88. The van der Waals surface area contributed by atoms with Crippen LogP contribution in [0.5, 0.6) is 0 Å². The number of carboxylic acids is 1. The SMILES string of the molecule is O=Cc1cc(Cl)cc(Cl)c1C(=O)O.[LiH]. The molecule has 0 saturated heterocycles. The fraction of sp³-hybridized carbons (Fsp3) is 0. The number of hydrogen-bond acceptors (Lipinski definition) is 2. The van der Waals surface area contributed by atoms with Crippen molar-refractivity contribution in [3.8, 4) is 0 Å². The quantitative estimate of drug-likeness (QED) is 0.619. The summed E-state index contributed by atoms with van der Waals surface area (Å²) in [5.74, 6) is -1.25. The zero-order chi connectivity index (χ0) is 10.0. The summed E-state index contributed by atoms with van der Waals surface area (Å²) in [6.07, 6.45) is 0.404. The molecule has 0 atom stereocenters. The molecular weight excluding hydrogens is 222 g/mol. The van der Waals surface area contributed by atoms with Crippen LogP contribution in [0.25, 0.3) is 0 Å². The van der Waals surface area contributed by atoms with Gasteiger partial charge in [0.05, 0.1) is 10.6 Å². The van der Waals surface area contributed by atoms with Crippen LogP contribution in [-0.2, 0) is 0 Å². The Labute approximate surface area is 102 Å². The minimum atomic E-state index is -1.25. The van der Waals surface area contributed by atoms with Crippen LogP contribution in [0.3, 0.4) is 0 Å². The van der Waals surface area contributed by atoms with Gasteiger partial charge in [0.25, 0.3) is 0 Å². The van der Waals surface area contributed by atoms with Crippen molar-refractivity contribution < 1.29 is 14.7 Å². The second-order valence-electron chi connectivity index (χ2n) is 2.27. The maximum absolute atomic E-state index is 10.6. The average molecular weight is 227 g/mol. The predicted octanol–water partition coefficient (Wildman–Crippen LogP) is 1.86. The van der Waals surface area contributed by atoms with Crippen LogP contribution in [-0.4, -0.2) is 36.2 Å². The van der Waals surface area contributed by atoms with E-state index in [0.717, 1.165) is 0 Å². The summed E-state index contributed by atoms with van der Waals surface area (Å²) in [4.78, 5) is 21.1. The molecular formula is C8H5Cl2LiO3. The first kappa shape index (κ1) is 13.5. The topological polar surface area (TPSA) is 54.4 Å². The van der Waals surface area contributed by atoms with Crippen LogP contribution in [0.4, 0.5) is 0 Å². The molecule has 3 nitrogen and oxygen atoms in total. The Kier molecular flexibility index (Phi) is 5.25. The first-order valence-electron chi connectivity index (χ1n) is 3.23. The molecule has 0 saturated carbocycles. The summed E-state index contributed by atoms with van der Waals surface area (Å²) < 4.78 is 0. The number of carbonyl (C=O) groups excluding carboxylic acids is 1. The van der Waals surface area contributed by atoms with Crippen LogP contribution < -0.4 is 0 Å². The van der Waals surface area contributed by atoms with E-state index in [1.807, 2.05) is 0 Å². The zero-order valence-electron chi connectivity index (χ0n) is 6.25. The predicted molar refractivity (Wildman–Crippen MR) is 56.0 cm³/mol. The molecule has 0 fully saturated rings. The van der Waals surface area contributed by atoms with Crippen molar-refractivity contribution in [1.82, 2.24) is 0 Å². The number of aromatic carboxylic acids is 1. The van der Waals surface area contributed by atoms with Gasteiger partial charge in [0, 0.05) is 10.6 Å². The van der Waals surface area contributed by atoms with Gasteiger partial charge >= 0.3 is 24.8 Å². The Morgan fingerprint density at radius 3 is 2.36 bits per heavy atom. The summed E-state index contributed by atoms with van der Waals surface area (Å²) in [5.41, 5.74) is -0.244. The van der Waals surface area contributed by atoms with Gasteiger partial charge in [-0.3, -0.25) is 4.79 Å². The van der Waals surface area contributed by atoms with Crippen molar-refractivity contribution >= 4 is 54.3 Å². The third-order valence-corrected chi connectivity index (χ3v) is 1.94. The molecule has 0 radical (unpaired) electrons. The first-order valence-corrected chi connectivity index (χ1v) is 3.99. The molecule has 0 aromatic heterocycles. The maximum atomic E-state index is 10.6. The number of carbonyl (C=O) groups is 2. The molecule has 70 valence electrons. The molecule has 1 N–H and O–H groups in total. The van der Waals surface area contributed by atoms with E-state index < -0.39 is 5.97 Å². The molecule has 0 unspecified atom stereocenters. The van der Waals surface area contributed by atoms with Gasteiger partial charge in [-0.05, 0) is 12.1 Å². The van der Waals surface area contributed by atoms with Crippen molar-refractivity contribution in [2.24, 2.45) is 0 Å². The van der Waals surface area contributed by atoms with Crippen LogP contribution in [0, 0.1) is 0 Å². The Hall–Kier alpha value is -0.463. The number of rotatable bonds is 2. The zero-order valence-corrected chi connectivity index (χ0v) is 7.76. The number of carboxylic acid groups (broad SMARTS) is 1. The van der Waals surface area contributed by atoms with E-state index in [9.17, 15) is 9.59 Å². The second kappa shape index (κ2) is 5.43. The van der Waals surface area contributed by atoms with E-state index >= 15 is 0 Å². The van der Waals surface area contributed by atoms with Gasteiger partial charge in [-0.15, -0.1) is 0 Å². The summed E-state index contributed by atoms with van der Waals surface area (Å²) >= 11 is 11.2. The molecule has 0 aliphatic carbocycles. The van der Waals surface area contributed by atoms with E-state index in [1.54, 1.807) is 0 Å². The Morgan fingerprint density at radius 1 is 1.36 bits per heavy atom. The van der Waals surface area contributed by atoms with Gasteiger partial charge in [0.2, 0.25) is 0 Å². The summed E-state index contributed by atoms with van der Waals surface area (Å²) in [7, 11) is 0. The molecule has 0 spiro atoms. The Balaban J connectivity index is 0.00000169. The molecule has 14 heavy (non-hydrogen) atoms. The number of halogens is 2. The number of benzene rings is 1. The van der Waals surface area contributed by atoms with E-state index in [-0.39, 0.29) is 40.0 Å². The molecule has 1 aromatic rings. The first-order chi connectivity index (χ1) is 6.06. The van der Waals surface area contributed by atoms with Crippen LogP contribution in [0.1, 0.15) is 20.7 Å². The normalized spacial score (nSPS) is 9.00. The van der Waals surface area contributed by atoms with Crippen molar-refractivity contribution in [3.05, 3.63) is 33.3 Å². The van der Waals surface area contributed by atoms with E-state index in [4.69, 9.17) is 28.3 Å². The molecule has 0 aliphatic heterocycles. The van der Waals surface area contributed by atoms with Crippen LogP contribution in [0.2, 0.25) is 10.0 Å². The van der Waals surface area contributed by atoms with Crippen molar-refractivity contribution in [1.29, 1.82) is 0 Å². The minimum absolute atomic E-state index is 0. The third kappa shape index (κ3) is 2.76. The van der Waals surface area contributed by atoms with E-state index in [1.165, 1.54) is 12.1 Å². The summed E-state index contributed by atoms with van der Waals surface area (Å²) in [6, 6.07) is 2.53. The van der Waals surface area contributed by atoms with E-state index in [2.05, 4.69) is 0 Å². The van der Waals surface area contributed by atoms with E-state index in [0.29, 0.717) is 6.29 Å². The number of hydrogen-bond donors (Lipinski definition) is 1. The molecule has 0 bridgehead atoms. The van der Waals surface area contributed by atoms with Gasteiger partial charge < -0.3 is 5.11 Å². The fourth-order valence-corrected chi connectivity index (χ4v) is 1.50. The summed E-state index contributed by atoms with van der Waals surface area (Å²) in [6.45, 7) is 0. The Morgan fingerprint density at radius 2 is 1.93 bits per heavy atom. The molecule has 0 amide bonds. The molecule has 0 aliphatic rings. The molecule has 6 heteroatoms. The average Bonchev–Trinajstić information content (AvgIpc) is 2.01. The fourth-order valence-electron chi connectivity index (χ4n) is 0.912. The standard InChI is InChI=1S/C8H4Cl2O3.Li.H/c9-5-1-4(3-11)7(8(12)13)6(10)2-5;;/h1-3H,(H,12,13);;. The second-order valence-corrected chi connectivity index (χ2v) is 3.12. The van der Waals surface area contributed by atoms with Gasteiger partial charge in [-0.2, -0.15) is 0 Å². The Bertz CT molecular complexity index is 379. The van der Waals surface area contributed by atoms with Gasteiger partial charge in [-0.1, -0.05) is 23.2 Å². The van der Waals surface area contributed by atoms with Crippen molar-refractivity contribution in [2.75, 3.05) is 0 Å². The number of aldehydes is 1. The van der Waals surface area contributed by atoms with Crippen molar-refractivity contribution in [3.63, 3.8) is 0 Å². The van der Waals surface area contributed by atoms with Gasteiger partial charge in [-0.25, -0.2) is 4.79 Å². The van der Waals surface area contributed by atoms with Gasteiger partial charge in [0.1, 0.15) is 0 Å². The monoisotopic (exact) mass is 226 g/mol. The van der Waals surface area contributed by atoms with Crippen molar-refractivity contribution in [2.45, 2.75) is 0 Å². The molecule has 1 rings (SSSR count). The van der Waals surface area contributed by atoms with Gasteiger partial charge in [0.15, 0.2) is 6.29 Å².